The number of unbranched alkanes of at least 4 members (excludes halogenated alkanes) is 6. The summed E-state index contributed by atoms with van der Waals surface area (Å²) in [4.78, 5) is 10.7. The second kappa shape index (κ2) is 14.1. The van der Waals surface area contributed by atoms with Crippen molar-refractivity contribution in [3.63, 3.8) is 0 Å². The second-order valence-electron chi connectivity index (χ2n) is 5.17. The van der Waals surface area contributed by atoms with Crippen LogP contribution in [-0.2, 0) is 9.53 Å². The van der Waals surface area contributed by atoms with Crippen LogP contribution in [0.5, 0.6) is 0 Å². The number of allylic oxidation sites excluding steroid dienone is 5. The minimum atomic E-state index is -0.173. The van der Waals surface area contributed by atoms with Gasteiger partial charge in [0.15, 0.2) is 0 Å². The van der Waals surface area contributed by atoms with E-state index in [1.807, 2.05) is 19.1 Å². The van der Waals surface area contributed by atoms with Crippen LogP contribution in [0.15, 0.2) is 37.0 Å². The smallest absolute Gasteiger partial charge is 0.302 e. The first-order chi connectivity index (χ1) is 9.66. The molecule has 0 saturated carbocycles. The Hall–Kier alpha value is -1.31. The Morgan fingerprint density at radius 2 is 1.70 bits per heavy atom. The van der Waals surface area contributed by atoms with Crippen molar-refractivity contribution >= 4 is 5.97 Å². The first-order valence-electron chi connectivity index (χ1n) is 7.78. The van der Waals surface area contributed by atoms with E-state index in [4.69, 9.17) is 4.74 Å². The average molecular weight is 278 g/mol. The summed E-state index contributed by atoms with van der Waals surface area (Å²) in [5, 5.41) is 0. The van der Waals surface area contributed by atoms with Crippen LogP contribution < -0.4 is 0 Å². The summed E-state index contributed by atoms with van der Waals surface area (Å²) in [7, 11) is 0. The molecule has 0 aliphatic rings. The van der Waals surface area contributed by atoms with Crippen molar-refractivity contribution in [2.75, 3.05) is 0 Å². The molecule has 0 aromatic heterocycles. The number of esters is 1. The first-order valence-corrected chi connectivity index (χ1v) is 7.78. The molecule has 2 nitrogen and oxygen atoms in total. The maximum atomic E-state index is 10.7. The minimum absolute atomic E-state index is 0.0706. The average Bonchev–Trinajstić information content (AvgIpc) is 2.39. The van der Waals surface area contributed by atoms with Gasteiger partial charge in [0, 0.05) is 6.92 Å². The molecule has 0 aliphatic heterocycles. The number of carbonyl (C=O) groups excluding carboxylic acids is 1. The van der Waals surface area contributed by atoms with Gasteiger partial charge in [0.1, 0.15) is 0 Å². The van der Waals surface area contributed by atoms with Crippen molar-refractivity contribution < 1.29 is 9.53 Å². The maximum Gasteiger partial charge on any atom is 0.302 e. The van der Waals surface area contributed by atoms with Crippen LogP contribution in [0.2, 0.25) is 0 Å². The molecule has 20 heavy (non-hydrogen) atoms. The predicted molar refractivity (Wildman–Crippen MR) is 86.6 cm³/mol. The quantitative estimate of drug-likeness (QED) is 0.273. The fourth-order valence-corrected chi connectivity index (χ4v) is 2.06. The third-order valence-corrected chi connectivity index (χ3v) is 3.09. The Labute approximate surface area is 124 Å². The first kappa shape index (κ1) is 18.7. The lowest BCUT2D eigenvalue weighted by Crippen LogP contribution is -2.11. The number of carbonyl (C=O) groups is 1. The molecule has 0 spiro atoms. The van der Waals surface area contributed by atoms with E-state index < -0.39 is 0 Å². The van der Waals surface area contributed by atoms with Crippen molar-refractivity contribution in [3.8, 4) is 0 Å². The standard InChI is InChI=1S/C18H30O2/c1-4-5-6-7-8-9-10-11-12-13-14-15-16-17(2)20-18(3)19/h4-8,17H,1,9-16H2,2-3H3. The van der Waals surface area contributed by atoms with Crippen molar-refractivity contribution in [2.24, 2.45) is 0 Å². The molecule has 1 atom stereocenters. The van der Waals surface area contributed by atoms with Crippen LogP contribution in [0.1, 0.15) is 65.2 Å². The molecule has 0 saturated heterocycles. The summed E-state index contributed by atoms with van der Waals surface area (Å²) in [6.45, 7) is 7.06. The normalized spacial score (nSPS) is 12.9. The van der Waals surface area contributed by atoms with Crippen LogP contribution in [-0.4, -0.2) is 12.1 Å². The van der Waals surface area contributed by atoms with E-state index in [1.165, 1.54) is 39.0 Å². The number of hydrogen-bond donors (Lipinski definition) is 0. The predicted octanol–water partition coefficient (Wildman–Crippen LogP) is 5.36. The molecule has 0 amide bonds. The molecular formula is C18H30O2. The lowest BCUT2D eigenvalue weighted by Gasteiger charge is -2.10. The Morgan fingerprint density at radius 1 is 1.05 bits per heavy atom. The zero-order valence-corrected chi connectivity index (χ0v) is 13.1. The van der Waals surface area contributed by atoms with Gasteiger partial charge in [-0.3, -0.25) is 4.79 Å². The van der Waals surface area contributed by atoms with E-state index in [9.17, 15) is 4.79 Å². The van der Waals surface area contributed by atoms with Gasteiger partial charge in [-0.2, -0.15) is 0 Å². The van der Waals surface area contributed by atoms with Gasteiger partial charge in [-0.15, -0.1) is 0 Å². The summed E-state index contributed by atoms with van der Waals surface area (Å²) >= 11 is 0. The molecular weight excluding hydrogens is 248 g/mol. The van der Waals surface area contributed by atoms with Gasteiger partial charge >= 0.3 is 5.97 Å². The summed E-state index contributed by atoms with van der Waals surface area (Å²) in [6, 6.07) is 0. The van der Waals surface area contributed by atoms with Gasteiger partial charge in [-0.05, 0) is 32.6 Å². The van der Waals surface area contributed by atoms with Crippen molar-refractivity contribution in [2.45, 2.75) is 71.3 Å². The minimum Gasteiger partial charge on any atom is -0.463 e. The number of rotatable bonds is 12. The van der Waals surface area contributed by atoms with Gasteiger partial charge in [-0.25, -0.2) is 0 Å². The Kier molecular flexibility index (Phi) is 13.2. The number of hydrogen-bond acceptors (Lipinski definition) is 2. The van der Waals surface area contributed by atoms with Crippen LogP contribution >= 0.6 is 0 Å². The molecule has 0 N–H and O–H groups in total. The van der Waals surface area contributed by atoms with Gasteiger partial charge in [0.05, 0.1) is 6.10 Å². The fourth-order valence-electron chi connectivity index (χ4n) is 2.06. The molecule has 0 rings (SSSR count). The molecule has 0 aromatic carbocycles. The molecule has 2 heteroatoms. The van der Waals surface area contributed by atoms with Gasteiger partial charge in [0.25, 0.3) is 0 Å². The molecule has 0 heterocycles. The van der Waals surface area contributed by atoms with Gasteiger partial charge in [0.2, 0.25) is 0 Å². The van der Waals surface area contributed by atoms with Gasteiger partial charge in [-0.1, -0.05) is 62.6 Å². The second-order valence-corrected chi connectivity index (χ2v) is 5.17. The maximum absolute atomic E-state index is 10.7. The lowest BCUT2D eigenvalue weighted by atomic mass is 10.1. The van der Waals surface area contributed by atoms with E-state index in [0.717, 1.165) is 19.3 Å². The van der Waals surface area contributed by atoms with Crippen molar-refractivity contribution in [1.29, 1.82) is 0 Å². The number of ether oxygens (including phenoxy) is 1. The summed E-state index contributed by atoms with van der Waals surface area (Å²) < 4.78 is 5.09. The molecule has 0 bridgehead atoms. The highest BCUT2D eigenvalue weighted by Crippen LogP contribution is 2.11. The molecule has 1 unspecified atom stereocenters. The van der Waals surface area contributed by atoms with E-state index >= 15 is 0 Å². The third-order valence-electron chi connectivity index (χ3n) is 3.09. The topological polar surface area (TPSA) is 26.3 Å². The molecule has 0 aromatic rings. The van der Waals surface area contributed by atoms with Gasteiger partial charge < -0.3 is 4.74 Å². The van der Waals surface area contributed by atoms with E-state index in [-0.39, 0.29) is 12.1 Å². The Morgan fingerprint density at radius 3 is 2.35 bits per heavy atom. The van der Waals surface area contributed by atoms with Crippen LogP contribution in [0.25, 0.3) is 0 Å². The molecule has 0 fully saturated rings. The summed E-state index contributed by atoms with van der Waals surface area (Å²) in [5.41, 5.74) is 0. The largest absolute Gasteiger partial charge is 0.463 e. The highest BCUT2D eigenvalue weighted by Gasteiger charge is 2.04. The van der Waals surface area contributed by atoms with Crippen LogP contribution in [0, 0.1) is 0 Å². The Balaban J connectivity index is 3.24. The highest BCUT2D eigenvalue weighted by molar-refractivity contribution is 5.66. The zero-order chi connectivity index (χ0) is 15.1. The van der Waals surface area contributed by atoms with Crippen LogP contribution in [0.4, 0.5) is 0 Å². The van der Waals surface area contributed by atoms with E-state index in [2.05, 4.69) is 18.7 Å². The SMILES string of the molecule is C=CC=CC=CCCCCCCCCC(C)OC(C)=O. The van der Waals surface area contributed by atoms with E-state index in [1.54, 1.807) is 6.08 Å². The van der Waals surface area contributed by atoms with E-state index in [0.29, 0.717) is 0 Å². The molecule has 114 valence electrons. The monoisotopic (exact) mass is 278 g/mol. The highest BCUT2D eigenvalue weighted by atomic mass is 16.5. The third kappa shape index (κ3) is 14.7. The van der Waals surface area contributed by atoms with Crippen molar-refractivity contribution in [3.05, 3.63) is 37.0 Å². The van der Waals surface area contributed by atoms with Crippen LogP contribution in [0.3, 0.4) is 0 Å². The fraction of sp³-hybridized carbons (Fsp3) is 0.611. The Bertz CT molecular complexity index is 303. The summed E-state index contributed by atoms with van der Waals surface area (Å²) in [5.74, 6) is -0.173. The molecule has 0 radical (unpaired) electrons. The molecule has 0 aliphatic carbocycles. The zero-order valence-electron chi connectivity index (χ0n) is 13.1. The summed E-state index contributed by atoms with van der Waals surface area (Å²) in [6.07, 6.45) is 19.8. The lowest BCUT2D eigenvalue weighted by molar-refractivity contribution is -0.145. The van der Waals surface area contributed by atoms with Crippen molar-refractivity contribution in [1.82, 2.24) is 0 Å².